The first-order valence-corrected chi connectivity index (χ1v) is 20.0. The SMILES string of the molecule is Clc1ccc(-c2c3nc(c(-c4ccc(Cl)cc4Cl)c4ccc([nH]4)c(-c4ccc(Cl)cc4Cl)c4nc(c(-c5ccc(Cl)cc5Cl)c5ccc2[nH]5)C=C4)C=C3)c(Cl)c1.[Ni]. The van der Waals surface area contributed by atoms with Crippen molar-refractivity contribution in [2.45, 2.75) is 0 Å². The molecule has 5 heterocycles. The molecule has 0 atom stereocenters. The predicted octanol–water partition coefficient (Wildman–Crippen LogP) is 16.5. The Bertz CT molecular complexity index is 2640. The standard InChI is InChI=1S/C44H22Cl8N4.Ni/c45-21-1-5-25(29(49)17-21)41-33-9-11-35(53-33)42(26-6-2-22(46)18-30(26)50)37-13-15-39(55-37)44(28-8-4-24(48)20-32(28)52)40-16-14-38(56-40)43(36-12-10-34(41)54-36)27-7-3-23(47)19-31(27)51;/h1-20,53,56H;. The fourth-order valence-electron chi connectivity index (χ4n) is 7.11. The normalized spacial score (nSPS) is 11.9. The molecule has 13 heteroatoms. The van der Waals surface area contributed by atoms with E-state index < -0.39 is 0 Å². The molecule has 0 unspecified atom stereocenters. The Balaban J connectivity index is 0.00000455. The van der Waals surface area contributed by atoms with Gasteiger partial charge in [0.25, 0.3) is 0 Å². The predicted molar refractivity (Wildman–Crippen MR) is 241 cm³/mol. The van der Waals surface area contributed by atoms with Crippen molar-refractivity contribution in [3.8, 4) is 44.5 Å². The third kappa shape index (κ3) is 7.56. The van der Waals surface area contributed by atoms with Gasteiger partial charge in [0, 0.05) is 103 Å². The summed E-state index contributed by atoms with van der Waals surface area (Å²) < 4.78 is 0. The van der Waals surface area contributed by atoms with Crippen LogP contribution in [0.1, 0.15) is 22.8 Å². The Hall–Kier alpha value is -3.71. The van der Waals surface area contributed by atoms with E-state index in [4.69, 9.17) is 103 Å². The number of hydrogen-bond acceptors (Lipinski definition) is 2. The zero-order chi connectivity index (χ0) is 38.8. The Kier molecular flexibility index (Phi) is 11.4. The smallest absolute Gasteiger partial charge is 0.0737 e. The van der Waals surface area contributed by atoms with Gasteiger partial charge in [-0.25, -0.2) is 9.97 Å². The van der Waals surface area contributed by atoms with Gasteiger partial charge in [-0.15, -0.1) is 0 Å². The summed E-state index contributed by atoms with van der Waals surface area (Å²) in [6.07, 6.45) is 7.83. The average Bonchev–Trinajstić information content (AvgIpc) is 3.99. The van der Waals surface area contributed by atoms with Crippen molar-refractivity contribution < 1.29 is 16.5 Å². The van der Waals surface area contributed by atoms with E-state index in [9.17, 15) is 0 Å². The summed E-state index contributed by atoms with van der Waals surface area (Å²) in [7, 11) is 0. The van der Waals surface area contributed by atoms with Gasteiger partial charge in [0.05, 0.1) is 42.9 Å². The van der Waals surface area contributed by atoms with Crippen LogP contribution < -0.4 is 0 Å². The van der Waals surface area contributed by atoms with Gasteiger partial charge in [0.1, 0.15) is 0 Å². The Morgan fingerprint density at radius 2 is 0.544 bits per heavy atom. The second-order valence-corrected chi connectivity index (χ2v) is 16.4. The van der Waals surface area contributed by atoms with E-state index in [0.29, 0.717) is 63.0 Å². The van der Waals surface area contributed by atoms with Crippen molar-refractivity contribution in [3.05, 3.63) is 160 Å². The van der Waals surface area contributed by atoms with Crippen LogP contribution in [0.2, 0.25) is 40.2 Å². The number of benzene rings is 4. The molecule has 0 spiro atoms. The van der Waals surface area contributed by atoms with Gasteiger partial charge in [-0.3, -0.25) is 0 Å². The zero-order valence-corrected chi connectivity index (χ0v) is 35.8. The minimum Gasteiger partial charge on any atom is -0.354 e. The molecular weight excluding hydrogens is 927 g/mol. The fourth-order valence-corrected chi connectivity index (χ4v) is 9.12. The minimum absolute atomic E-state index is 0. The summed E-state index contributed by atoms with van der Waals surface area (Å²) in [6.45, 7) is 0. The summed E-state index contributed by atoms with van der Waals surface area (Å²) >= 11 is 53.4. The maximum atomic E-state index is 6.94. The van der Waals surface area contributed by atoms with E-state index in [1.54, 1.807) is 48.5 Å². The van der Waals surface area contributed by atoms with Gasteiger partial charge >= 0.3 is 0 Å². The number of nitrogens with one attached hydrogen (secondary N) is 2. The van der Waals surface area contributed by atoms with Crippen molar-refractivity contribution in [1.29, 1.82) is 0 Å². The van der Waals surface area contributed by atoms with Crippen LogP contribution in [-0.2, 0) is 16.5 Å². The summed E-state index contributed by atoms with van der Waals surface area (Å²) in [4.78, 5) is 17.9. The van der Waals surface area contributed by atoms with Gasteiger partial charge in [-0.2, -0.15) is 0 Å². The fraction of sp³-hybridized carbons (Fsp3) is 0. The van der Waals surface area contributed by atoms with E-state index in [2.05, 4.69) is 9.97 Å². The van der Waals surface area contributed by atoms with E-state index >= 15 is 0 Å². The third-order valence-electron chi connectivity index (χ3n) is 9.56. The molecule has 2 aliphatic rings. The zero-order valence-electron chi connectivity index (χ0n) is 28.8. The van der Waals surface area contributed by atoms with Crippen molar-refractivity contribution in [2.75, 3.05) is 0 Å². The summed E-state index contributed by atoms with van der Waals surface area (Å²) in [5.41, 5.74) is 11.4. The van der Waals surface area contributed by atoms with Crippen LogP contribution in [0.4, 0.5) is 0 Å². The van der Waals surface area contributed by atoms with Crippen LogP contribution in [0.15, 0.2) is 97.1 Å². The van der Waals surface area contributed by atoms with Crippen molar-refractivity contribution in [2.24, 2.45) is 0 Å². The molecule has 2 aliphatic heterocycles. The molecule has 0 fully saturated rings. The number of nitrogens with zero attached hydrogens (tertiary/aromatic N) is 2. The van der Waals surface area contributed by atoms with Gasteiger partial charge in [-0.1, -0.05) is 117 Å². The molecule has 8 bridgehead atoms. The molecule has 7 aromatic rings. The molecule has 57 heavy (non-hydrogen) atoms. The van der Waals surface area contributed by atoms with Crippen LogP contribution in [0.5, 0.6) is 0 Å². The molecule has 0 radical (unpaired) electrons. The Morgan fingerprint density at radius 3 is 0.754 bits per heavy atom. The van der Waals surface area contributed by atoms with Gasteiger partial charge in [0.2, 0.25) is 0 Å². The van der Waals surface area contributed by atoms with Crippen molar-refractivity contribution in [3.63, 3.8) is 0 Å². The van der Waals surface area contributed by atoms with Crippen LogP contribution in [0, 0.1) is 0 Å². The molecular formula is C44H22Cl8N4Ni. The number of aromatic amines is 2. The van der Waals surface area contributed by atoms with Crippen LogP contribution in [0.25, 0.3) is 90.9 Å². The van der Waals surface area contributed by atoms with Crippen LogP contribution in [0.3, 0.4) is 0 Å². The third-order valence-corrected chi connectivity index (χ3v) is 11.7. The molecule has 3 aromatic heterocycles. The summed E-state index contributed by atoms with van der Waals surface area (Å²) in [6, 6.07) is 29.5. The molecule has 9 rings (SSSR count). The van der Waals surface area contributed by atoms with Gasteiger partial charge in [0.15, 0.2) is 0 Å². The molecule has 2 N–H and O–H groups in total. The maximum Gasteiger partial charge on any atom is 0.0737 e. The average molecular weight is 949 g/mol. The van der Waals surface area contributed by atoms with Gasteiger partial charge < -0.3 is 9.97 Å². The van der Waals surface area contributed by atoms with E-state index in [-0.39, 0.29) is 16.5 Å². The van der Waals surface area contributed by atoms with E-state index in [1.165, 1.54) is 0 Å². The molecule has 0 saturated carbocycles. The number of fused-ring (bicyclic) bond motifs is 8. The molecule has 0 amide bonds. The Labute approximate surface area is 377 Å². The first-order chi connectivity index (χ1) is 27.0. The van der Waals surface area contributed by atoms with Crippen LogP contribution in [-0.4, -0.2) is 19.9 Å². The monoisotopic (exact) mass is 944 g/mol. The first kappa shape index (κ1) is 40.1. The maximum absolute atomic E-state index is 6.94. The van der Waals surface area contributed by atoms with E-state index in [0.717, 1.165) is 66.6 Å². The number of rotatable bonds is 4. The van der Waals surface area contributed by atoms with Crippen molar-refractivity contribution in [1.82, 2.24) is 19.9 Å². The van der Waals surface area contributed by atoms with Gasteiger partial charge in [-0.05, 0) is 97.1 Å². The Morgan fingerprint density at radius 1 is 0.316 bits per heavy atom. The van der Waals surface area contributed by atoms with Crippen molar-refractivity contribution >= 4 is 139 Å². The number of hydrogen-bond donors (Lipinski definition) is 2. The van der Waals surface area contributed by atoms with Crippen LogP contribution >= 0.6 is 92.8 Å². The first-order valence-electron chi connectivity index (χ1n) is 17.0. The second kappa shape index (κ2) is 16.2. The van der Waals surface area contributed by atoms with E-state index in [1.807, 2.05) is 72.8 Å². The number of aromatic nitrogens is 4. The summed E-state index contributed by atoms with van der Waals surface area (Å²) in [5.74, 6) is 0. The molecule has 4 aromatic carbocycles. The largest absolute Gasteiger partial charge is 0.354 e. The second-order valence-electron chi connectivity index (χ2n) is 13.0. The molecule has 4 nitrogen and oxygen atoms in total. The quantitative estimate of drug-likeness (QED) is 0.173. The summed E-state index contributed by atoms with van der Waals surface area (Å²) in [5, 5.41) is 3.86. The number of halogens is 8. The topological polar surface area (TPSA) is 57.4 Å². The molecule has 284 valence electrons. The minimum atomic E-state index is 0. The number of H-pyrrole nitrogens is 2. The molecule has 0 aliphatic carbocycles. The molecule has 0 saturated heterocycles.